The van der Waals surface area contributed by atoms with Gasteiger partial charge in [-0.3, -0.25) is 9.69 Å². The summed E-state index contributed by atoms with van der Waals surface area (Å²) in [6.07, 6.45) is 2.29. The maximum absolute atomic E-state index is 13.8. The monoisotopic (exact) mass is 321 g/mol. The van der Waals surface area contributed by atoms with Gasteiger partial charge in [-0.05, 0) is 25.0 Å². The molecule has 1 amide bonds. The number of amides is 1. The summed E-state index contributed by atoms with van der Waals surface area (Å²) in [5.74, 6) is -0.143. The van der Waals surface area contributed by atoms with Gasteiger partial charge in [-0.1, -0.05) is 12.1 Å². The second-order valence-electron chi connectivity index (χ2n) is 6.15. The van der Waals surface area contributed by atoms with Gasteiger partial charge in [0.1, 0.15) is 5.82 Å². The summed E-state index contributed by atoms with van der Waals surface area (Å²) >= 11 is 0. The minimum Gasteiger partial charge on any atom is -0.376 e. The lowest BCUT2D eigenvalue weighted by molar-refractivity contribution is -0.122. The Hall–Kier alpha value is -1.66. The van der Waals surface area contributed by atoms with Crippen molar-refractivity contribution < 1.29 is 13.9 Å². The van der Waals surface area contributed by atoms with E-state index in [4.69, 9.17) is 4.74 Å². The molecular formula is C17H24FN3O2. The van der Waals surface area contributed by atoms with Crippen molar-refractivity contribution in [3.8, 4) is 0 Å². The molecule has 0 aromatic heterocycles. The van der Waals surface area contributed by atoms with Gasteiger partial charge in [0.2, 0.25) is 5.91 Å². The fourth-order valence-electron chi connectivity index (χ4n) is 3.15. The molecule has 1 N–H and O–H groups in total. The molecule has 6 heteroatoms. The van der Waals surface area contributed by atoms with Crippen LogP contribution in [0.3, 0.4) is 0 Å². The van der Waals surface area contributed by atoms with Gasteiger partial charge < -0.3 is 15.0 Å². The quantitative estimate of drug-likeness (QED) is 0.886. The second kappa shape index (κ2) is 7.75. The lowest BCUT2D eigenvalue weighted by Crippen LogP contribution is -2.50. The Morgan fingerprint density at radius 3 is 2.74 bits per heavy atom. The van der Waals surface area contributed by atoms with Gasteiger partial charge in [0.15, 0.2) is 0 Å². The van der Waals surface area contributed by atoms with Crippen molar-refractivity contribution in [2.75, 3.05) is 50.8 Å². The maximum Gasteiger partial charge on any atom is 0.234 e. The highest BCUT2D eigenvalue weighted by atomic mass is 19.1. The average molecular weight is 321 g/mol. The molecule has 126 valence electrons. The maximum atomic E-state index is 13.8. The van der Waals surface area contributed by atoms with Gasteiger partial charge in [-0.15, -0.1) is 0 Å². The van der Waals surface area contributed by atoms with Gasteiger partial charge >= 0.3 is 0 Å². The SMILES string of the molecule is O=C(CN1CCN(c2ccccc2F)CC1)NC[C@@H]1CCCO1. The van der Waals surface area contributed by atoms with Crippen LogP contribution in [0.4, 0.5) is 10.1 Å². The number of nitrogens with one attached hydrogen (secondary N) is 1. The van der Waals surface area contributed by atoms with E-state index in [0.29, 0.717) is 18.8 Å². The number of carbonyl (C=O) groups is 1. The number of hydrogen-bond donors (Lipinski definition) is 1. The molecular weight excluding hydrogens is 297 g/mol. The first kappa shape index (κ1) is 16.2. The summed E-state index contributed by atoms with van der Waals surface area (Å²) < 4.78 is 19.3. The molecule has 5 nitrogen and oxygen atoms in total. The van der Waals surface area contributed by atoms with Crippen molar-refractivity contribution in [2.24, 2.45) is 0 Å². The molecule has 0 saturated carbocycles. The smallest absolute Gasteiger partial charge is 0.234 e. The Balaban J connectivity index is 1.40. The second-order valence-corrected chi connectivity index (χ2v) is 6.15. The molecule has 23 heavy (non-hydrogen) atoms. The molecule has 0 unspecified atom stereocenters. The first-order valence-corrected chi connectivity index (χ1v) is 8.32. The van der Waals surface area contributed by atoms with Crippen LogP contribution in [0.15, 0.2) is 24.3 Å². The van der Waals surface area contributed by atoms with Crippen LogP contribution in [0.1, 0.15) is 12.8 Å². The van der Waals surface area contributed by atoms with E-state index in [2.05, 4.69) is 10.2 Å². The van der Waals surface area contributed by atoms with E-state index in [1.54, 1.807) is 12.1 Å². The van der Waals surface area contributed by atoms with E-state index in [-0.39, 0.29) is 17.8 Å². The minimum absolute atomic E-state index is 0.0415. The van der Waals surface area contributed by atoms with E-state index in [1.165, 1.54) is 6.07 Å². The third-order valence-corrected chi connectivity index (χ3v) is 4.48. The Kier molecular flexibility index (Phi) is 5.46. The Morgan fingerprint density at radius 2 is 2.04 bits per heavy atom. The van der Waals surface area contributed by atoms with Crippen LogP contribution in [-0.2, 0) is 9.53 Å². The predicted molar refractivity (Wildman–Crippen MR) is 87.0 cm³/mol. The molecule has 2 fully saturated rings. The number of ether oxygens (including phenoxy) is 1. The molecule has 0 bridgehead atoms. The third kappa shape index (κ3) is 4.42. The Morgan fingerprint density at radius 1 is 1.26 bits per heavy atom. The number of benzene rings is 1. The molecule has 0 aliphatic carbocycles. The Labute approximate surface area is 136 Å². The molecule has 2 aliphatic heterocycles. The van der Waals surface area contributed by atoms with Crippen molar-refractivity contribution >= 4 is 11.6 Å². The molecule has 1 aromatic rings. The normalized spacial score (nSPS) is 22.3. The summed E-state index contributed by atoms with van der Waals surface area (Å²) in [6, 6.07) is 6.84. The van der Waals surface area contributed by atoms with Gasteiger partial charge in [0.05, 0.1) is 18.3 Å². The van der Waals surface area contributed by atoms with Gasteiger partial charge in [-0.2, -0.15) is 0 Å². The van der Waals surface area contributed by atoms with E-state index < -0.39 is 0 Å². The number of para-hydroxylation sites is 1. The third-order valence-electron chi connectivity index (χ3n) is 4.48. The lowest BCUT2D eigenvalue weighted by Gasteiger charge is -2.35. The molecule has 1 atom stereocenters. The van der Waals surface area contributed by atoms with Crippen LogP contribution in [0.5, 0.6) is 0 Å². The van der Waals surface area contributed by atoms with Gasteiger partial charge in [0.25, 0.3) is 0 Å². The van der Waals surface area contributed by atoms with Gasteiger partial charge in [-0.25, -0.2) is 4.39 Å². The Bertz CT molecular complexity index is 526. The van der Waals surface area contributed by atoms with Crippen molar-refractivity contribution in [3.63, 3.8) is 0 Å². The van der Waals surface area contributed by atoms with E-state index >= 15 is 0 Å². The summed E-state index contributed by atoms with van der Waals surface area (Å²) in [6.45, 7) is 4.81. The topological polar surface area (TPSA) is 44.8 Å². The van der Waals surface area contributed by atoms with E-state index in [9.17, 15) is 9.18 Å². The molecule has 1 aromatic carbocycles. The standard InChI is InChI=1S/C17H24FN3O2/c18-15-5-1-2-6-16(15)21-9-7-20(8-10-21)13-17(22)19-12-14-4-3-11-23-14/h1-2,5-6,14H,3-4,7-13H2,(H,19,22)/t14-/m0/s1. The number of halogens is 1. The van der Waals surface area contributed by atoms with E-state index in [0.717, 1.165) is 45.6 Å². The zero-order valence-corrected chi connectivity index (χ0v) is 13.3. The first-order chi connectivity index (χ1) is 11.2. The fraction of sp³-hybridized carbons (Fsp3) is 0.588. The van der Waals surface area contributed by atoms with Crippen LogP contribution >= 0.6 is 0 Å². The number of nitrogens with zero attached hydrogens (tertiary/aromatic N) is 2. The van der Waals surface area contributed by atoms with Crippen LogP contribution in [-0.4, -0.2) is 62.8 Å². The van der Waals surface area contributed by atoms with Crippen molar-refractivity contribution in [2.45, 2.75) is 18.9 Å². The molecule has 2 heterocycles. The molecule has 2 saturated heterocycles. The zero-order valence-electron chi connectivity index (χ0n) is 13.3. The highest BCUT2D eigenvalue weighted by Gasteiger charge is 2.21. The average Bonchev–Trinajstić information content (AvgIpc) is 3.08. The van der Waals surface area contributed by atoms with Crippen molar-refractivity contribution in [1.29, 1.82) is 0 Å². The highest BCUT2D eigenvalue weighted by Crippen LogP contribution is 2.20. The number of rotatable bonds is 5. The summed E-state index contributed by atoms with van der Waals surface area (Å²) in [5.41, 5.74) is 0.648. The van der Waals surface area contributed by atoms with E-state index in [1.807, 2.05) is 11.0 Å². The minimum atomic E-state index is -0.185. The molecule has 2 aliphatic rings. The number of carbonyl (C=O) groups excluding carboxylic acids is 1. The number of hydrogen-bond acceptors (Lipinski definition) is 4. The molecule has 0 radical (unpaired) electrons. The molecule has 3 rings (SSSR count). The first-order valence-electron chi connectivity index (χ1n) is 8.32. The van der Waals surface area contributed by atoms with Crippen LogP contribution in [0, 0.1) is 5.82 Å². The summed E-state index contributed by atoms with van der Waals surface area (Å²) in [7, 11) is 0. The number of piperazine rings is 1. The molecule has 0 spiro atoms. The largest absolute Gasteiger partial charge is 0.376 e. The van der Waals surface area contributed by atoms with Crippen LogP contribution in [0.2, 0.25) is 0 Å². The van der Waals surface area contributed by atoms with Crippen LogP contribution in [0.25, 0.3) is 0 Å². The summed E-state index contributed by atoms with van der Waals surface area (Å²) in [5, 5.41) is 2.94. The zero-order chi connectivity index (χ0) is 16.1. The lowest BCUT2D eigenvalue weighted by atomic mass is 10.2. The number of anilines is 1. The fourth-order valence-corrected chi connectivity index (χ4v) is 3.15. The summed E-state index contributed by atoms with van der Waals surface area (Å²) in [4.78, 5) is 16.1. The van der Waals surface area contributed by atoms with Crippen molar-refractivity contribution in [3.05, 3.63) is 30.1 Å². The van der Waals surface area contributed by atoms with Gasteiger partial charge in [0, 0.05) is 39.3 Å². The van der Waals surface area contributed by atoms with Crippen LogP contribution < -0.4 is 10.2 Å². The highest BCUT2D eigenvalue weighted by molar-refractivity contribution is 5.78. The predicted octanol–water partition coefficient (Wildman–Crippen LogP) is 1.24. The van der Waals surface area contributed by atoms with Crippen molar-refractivity contribution in [1.82, 2.24) is 10.2 Å².